The number of hydrogen-bond donors (Lipinski definition) is 1. The number of morpholine rings is 1. The van der Waals surface area contributed by atoms with Crippen molar-refractivity contribution < 1.29 is 9.47 Å². The minimum atomic E-state index is 0.0982. The van der Waals surface area contributed by atoms with Crippen molar-refractivity contribution in [2.24, 2.45) is 0 Å². The third kappa shape index (κ3) is 2.35. The molecule has 0 aromatic carbocycles. The van der Waals surface area contributed by atoms with Crippen LogP contribution in [0.4, 0.5) is 0 Å². The molecule has 0 bridgehead atoms. The molecular weight excluding hydrogens is 190 g/mol. The molecule has 2 aliphatic rings. The van der Waals surface area contributed by atoms with Crippen LogP contribution >= 0.6 is 0 Å². The van der Waals surface area contributed by atoms with Crippen molar-refractivity contribution in [1.29, 1.82) is 0 Å². The van der Waals surface area contributed by atoms with E-state index in [-0.39, 0.29) is 5.60 Å². The summed E-state index contributed by atoms with van der Waals surface area (Å²) in [6.07, 6.45) is 5.33. The van der Waals surface area contributed by atoms with Gasteiger partial charge in [-0.1, -0.05) is 0 Å². The van der Waals surface area contributed by atoms with E-state index in [9.17, 15) is 0 Å². The van der Waals surface area contributed by atoms with Crippen molar-refractivity contribution >= 4 is 0 Å². The summed E-state index contributed by atoms with van der Waals surface area (Å²) in [7, 11) is 1.81. The summed E-state index contributed by atoms with van der Waals surface area (Å²) in [6, 6.07) is 0.482. The van der Waals surface area contributed by atoms with Crippen molar-refractivity contribution in [2.45, 2.75) is 63.4 Å². The molecule has 2 atom stereocenters. The smallest absolute Gasteiger partial charge is 0.0812 e. The number of methoxy groups -OCH3 is 1. The summed E-state index contributed by atoms with van der Waals surface area (Å²) in [5.41, 5.74) is 0.0982. The second-order valence-electron chi connectivity index (χ2n) is 5.11. The Bertz CT molecular complexity index is 212. The van der Waals surface area contributed by atoms with Gasteiger partial charge in [-0.25, -0.2) is 0 Å². The molecule has 88 valence electrons. The zero-order chi connectivity index (χ0) is 10.9. The van der Waals surface area contributed by atoms with Crippen LogP contribution in [0.5, 0.6) is 0 Å². The summed E-state index contributed by atoms with van der Waals surface area (Å²) in [5.74, 6) is 0. The first-order chi connectivity index (χ1) is 7.15. The van der Waals surface area contributed by atoms with Gasteiger partial charge in [0.15, 0.2) is 0 Å². The summed E-state index contributed by atoms with van der Waals surface area (Å²) in [6.45, 7) is 5.37. The van der Waals surface area contributed by atoms with Crippen molar-refractivity contribution in [3.05, 3.63) is 0 Å². The lowest BCUT2D eigenvalue weighted by molar-refractivity contribution is -0.154. The van der Waals surface area contributed by atoms with Gasteiger partial charge in [0.25, 0.3) is 0 Å². The van der Waals surface area contributed by atoms with E-state index in [0.717, 1.165) is 32.2 Å². The fourth-order valence-corrected chi connectivity index (χ4v) is 2.70. The van der Waals surface area contributed by atoms with Gasteiger partial charge in [0.1, 0.15) is 0 Å². The van der Waals surface area contributed by atoms with Gasteiger partial charge in [-0.3, -0.25) is 0 Å². The largest absolute Gasteiger partial charge is 0.381 e. The highest BCUT2D eigenvalue weighted by molar-refractivity contribution is 4.95. The van der Waals surface area contributed by atoms with E-state index in [1.807, 2.05) is 7.11 Å². The second-order valence-corrected chi connectivity index (χ2v) is 5.11. The fourth-order valence-electron chi connectivity index (χ4n) is 2.70. The van der Waals surface area contributed by atoms with Gasteiger partial charge in [0, 0.05) is 19.7 Å². The molecule has 1 spiro atoms. The molecule has 15 heavy (non-hydrogen) atoms. The molecular formula is C12H23NO2. The van der Waals surface area contributed by atoms with E-state index in [0.29, 0.717) is 18.2 Å². The average molecular weight is 213 g/mol. The zero-order valence-corrected chi connectivity index (χ0v) is 10.1. The van der Waals surface area contributed by atoms with Crippen LogP contribution in [0.15, 0.2) is 0 Å². The maximum absolute atomic E-state index is 6.20. The first-order valence-electron chi connectivity index (χ1n) is 6.09. The molecule has 1 N–H and O–H groups in total. The van der Waals surface area contributed by atoms with Crippen LogP contribution in [0, 0.1) is 0 Å². The van der Waals surface area contributed by atoms with E-state index in [1.165, 1.54) is 0 Å². The first kappa shape index (κ1) is 11.4. The minimum Gasteiger partial charge on any atom is -0.381 e. The molecule has 0 aromatic heterocycles. The Morgan fingerprint density at radius 3 is 2.47 bits per heavy atom. The van der Waals surface area contributed by atoms with E-state index < -0.39 is 0 Å². The Hall–Kier alpha value is -0.120. The Balaban J connectivity index is 1.92. The third-order valence-corrected chi connectivity index (χ3v) is 4.06. The molecule has 1 saturated heterocycles. The van der Waals surface area contributed by atoms with E-state index >= 15 is 0 Å². The topological polar surface area (TPSA) is 30.5 Å². The summed E-state index contributed by atoms with van der Waals surface area (Å²) in [5, 5.41) is 3.56. The monoisotopic (exact) mass is 213 g/mol. The van der Waals surface area contributed by atoms with Crippen LogP contribution in [0.25, 0.3) is 0 Å². The van der Waals surface area contributed by atoms with Gasteiger partial charge in [-0.2, -0.15) is 0 Å². The number of ether oxygens (including phenoxy) is 2. The molecule has 1 saturated carbocycles. The van der Waals surface area contributed by atoms with Gasteiger partial charge in [-0.05, 0) is 39.5 Å². The van der Waals surface area contributed by atoms with Gasteiger partial charge in [-0.15, -0.1) is 0 Å². The summed E-state index contributed by atoms with van der Waals surface area (Å²) >= 11 is 0. The number of rotatable bonds is 1. The lowest BCUT2D eigenvalue weighted by Crippen LogP contribution is -2.58. The zero-order valence-electron chi connectivity index (χ0n) is 10.1. The Kier molecular flexibility index (Phi) is 3.33. The predicted octanol–water partition coefficient (Wildman–Crippen LogP) is 1.71. The quantitative estimate of drug-likeness (QED) is 0.719. The molecule has 1 heterocycles. The first-order valence-corrected chi connectivity index (χ1v) is 6.09. The molecule has 0 aromatic rings. The van der Waals surface area contributed by atoms with Crippen molar-refractivity contribution in [3.63, 3.8) is 0 Å². The average Bonchev–Trinajstić information content (AvgIpc) is 2.26. The fraction of sp³-hybridized carbons (Fsp3) is 1.00. The maximum Gasteiger partial charge on any atom is 0.0812 e. The molecule has 1 aliphatic carbocycles. The summed E-state index contributed by atoms with van der Waals surface area (Å²) < 4.78 is 11.6. The van der Waals surface area contributed by atoms with Crippen molar-refractivity contribution in [1.82, 2.24) is 5.32 Å². The van der Waals surface area contributed by atoms with E-state index in [4.69, 9.17) is 9.47 Å². The van der Waals surface area contributed by atoms with Crippen LogP contribution in [-0.4, -0.2) is 37.5 Å². The number of hydrogen-bond acceptors (Lipinski definition) is 3. The van der Waals surface area contributed by atoms with Crippen LogP contribution < -0.4 is 5.32 Å². The van der Waals surface area contributed by atoms with Gasteiger partial charge < -0.3 is 14.8 Å². The highest BCUT2D eigenvalue weighted by Gasteiger charge is 2.41. The predicted molar refractivity (Wildman–Crippen MR) is 60.0 cm³/mol. The standard InChI is InChI=1S/C12H23NO2/c1-9-10(2)15-12(8-13-9)6-4-11(14-3)5-7-12/h9-11,13H,4-8H2,1-3H3. The normalized spacial score (nSPS) is 47.0. The minimum absolute atomic E-state index is 0.0982. The lowest BCUT2D eigenvalue weighted by Gasteiger charge is -2.47. The van der Waals surface area contributed by atoms with E-state index in [1.54, 1.807) is 0 Å². The molecule has 1 aliphatic heterocycles. The summed E-state index contributed by atoms with van der Waals surface area (Å²) in [4.78, 5) is 0. The maximum atomic E-state index is 6.20. The van der Waals surface area contributed by atoms with Crippen molar-refractivity contribution in [2.75, 3.05) is 13.7 Å². The molecule has 2 unspecified atom stereocenters. The second kappa shape index (κ2) is 4.40. The molecule has 3 heteroatoms. The lowest BCUT2D eigenvalue weighted by atomic mass is 9.81. The van der Waals surface area contributed by atoms with Gasteiger partial charge in [0.2, 0.25) is 0 Å². The van der Waals surface area contributed by atoms with Crippen LogP contribution in [-0.2, 0) is 9.47 Å². The van der Waals surface area contributed by atoms with Gasteiger partial charge in [0.05, 0.1) is 17.8 Å². The van der Waals surface area contributed by atoms with Gasteiger partial charge >= 0.3 is 0 Å². The molecule has 0 radical (unpaired) electrons. The highest BCUT2D eigenvalue weighted by atomic mass is 16.5. The molecule has 3 nitrogen and oxygen atoms in total. The van der Waals surface area contributed by atoms with E-state index in [2.05, 4.69) is 19.2 Å². The van der Waals surface area contributed by atoms with Crippen molar-refractivity contribution in [3.8, 4) is 0 Å². The number of nitrogens with one attached hydrogen (secondary N) is 1. The SMILES string of the molecule is COC1CCC2(CC1)CNC(C)C(C)O2. The Morgan fingerprint density at radius 2 is 1.93 bits per heavy atom. The Labute approximate surface area is 92.5 Å². The molecule has 0 amide bonds. The van der Waals surface area contributed by atoms with Crippen LogP contribution in [0.2, 0.25) is 0 Å². The third-order valence-electron chi connectivity index (χ3n) is 4.06. The molecule has 2 rings (SSSR count). The highest BCUT2D eigenvalue weighted by Crippen LogP contribution is 2.35. The Morgan fingerprint density at radius 1 is 1.27 bits per heavy atom. The van der Waals surface area contributed by atoms with Crippen LogP contribution in [0.3, 0.4) is 0 Å². The molecule has 2 fully saturated rings. The van der Waals surface area contributed by atoms with Crippen LogP contribution in [0.1, 0.15) is 39.5 Å².